The number of ether oxygens (including phenoxy) is 2. The fourth-order valence-electron chi connectivity index (χ4n) is 8.03. The number of aryl methyl sites for hydroxylation is 1. The number of nitrogens with one attached hydrogen (secondary N) is 2. The summed E-state index contributed by atoms with van der Waals surface area (Å²) in [7, 11) is 0. The molecule has 4 aliphatic rings. The van der Waals surface area contributed by atoms with Gasteiger partial charge in [0.1, 0.15) is 0 Å². The van der Waals surface area contributed by atoms with Crippen molar-refractivity contribution in [2.24, 2.45) is 16.7 Å². The first kappa shape index (κ1) is 25.6. The van der Waals surface area contributed by atoms with Gasteiger partial charge in [-0.2, -0.15) is 0 Å². The minimum absolute atomic E-state index is 0.0915. The Morgan fingerprint density at radius 2 is 1.72 bits per heavy atom. The van der Waals surface area contributed by atoms with Gasteiger partial charge in [-0.3, -0.25) is 4.79 Å². The second-order valence-corrected chi connectivity index (χ2v) is 13.2. The third-order valence-electron chi connectivity index (χ3n) is 8.35. The molecule has 4 fully saturated rings. The lowest BCUT2D eigenvalue weighted by atomic mass is 9.43. The smallest absolute Gasteiger partial charge is 0.262 e. The average molecular weight is 556 g/mol. The summed E-state index contributed by atoms with van der Waals surface area (Å²) in [6.07, 6.45) is 8.04. The van der Waals surface area contributed by atoms with Crippen LogP contribution in [0.2, 0.25) is 0 Å². The number of halogens is 1. The van der Waals surface area contributed by atoms with E-state index < -0.39 is 0 Å². The van der Waals surface area contributed by atoms with Gasteiger partial charge in [-0.05, 0) is 115 Å². The number of carbonyl (C=O) groups excluding carboxylic acids is 1. The number of carbonyl (C=O) groups is 1. The molecule has 0 spiro atoms. The predicted octanol–water partition coefficient (Wildman–Crippen LogP) is 7.01. The first-order chi connectivity index (χ1) is 17.1. The fourth-order valence-corrected chi connectivity index (χ4v) is 8.64. The van der Waals surface area contributed by atoms with E-state index in [-0.39, 0.29) is 18.1 Å². The van der Waals surface area contributed by atoms with Gasteiger partial charge < -0.3 is 20.1 Å². The zero-order chi connectivity index (χ0) is 25.6. The van der Waals surface area contributed by atoms with Crippen LogP contribution in [0.3, 0.4) is 0 Å². The number of benzene rings is 2. The molecule has 0 heterocycles. The highest BCUT2D eigenvalue weighted by atomic mass is 79.9. The Morgan fingerprint density at radius 3 is 2.36 bits per heavy atom. The Kier molecular flexibility index (Phi) is 6.88. The molecule has 6 rings (SSSR count). The molecule has 36 heavy (non-hydrogen) atoms. The normalized spacial score (nSPS) is 30.3. The van der Waals surface area contributed by atoms with Crippen molar-refractivity contribution in [3.05, 3.63) is 52.0 Å². The second kappa shape index (κ2) is 9.68. The van der Waals surface area contributed by atoms with Crippen molar-refractivity contribution in [1.82, 2.24) is 5.32 Å². The third-order valence-corrected chi connectivity index (χ3v) is 8.93. The maximum atomic E-state index is 12.5. The molecule has 4 saturated carbocycles. The lowest BCUT2D eigenvalue weighted by Crippen LogP contribution is -2.63. The molecule has 194 valence electrons. The minimum atomic E-state index is -0.206. The van der Waals surface area contributed by atoms with Gasteiger partial charge >= 0.3 is 0 Å². The second-order valence-electron chi connectivity index (χ2n) is 12.3. The summed E-state index contributed by atoms with van der Waals surface area (Å²) in [4.78, 5) is 12.5. The van der Waals surface area contributed by atoms with Crippen LogP contribution in [0.15, 0.2) is 40.9 Å². The van der Waals surface area contributed by atoms with Crippen molar-refractivity contribution in [2.45, 2.75) is 78.3 Å². The molecule has 0 aliphatic heterocycles. The largest absolute Gasteiger partial charge is 0.490 e. The van der Waals surface area contributed by atoms with Gasteiger partial charge in [-0.25, -0.2) is 0 Å². The van der Waals surface area contributed by atoms with E-state index in [9.17, 15) is 4.79 Å². The minimum Gasteiger partial charge on any atom is -0.490 e. The van der Waals surface area contributed by atoms with E-state index in [1.807, 2.05) is 38.1 Å². The van der Waals surface area contributed by atoms with Crippen molar-refractivity contribution in [1.29, 1.82) is 0 Å². The zero-order valence-electron chi connectivity index (χ0n) is 22.0. The van der Waals surface area contributed by atoms with Gasteiger partial charge in [-0.15, -0.1) is 0 Å². The summed E-state index contributed by atoms with van der Waals surface area (Å²) in [5, 5.41) is 6.89. The molecular formula is C30H39BrN2O3. The topological polar surface area (TPSA) is 59.6 Å². The lowest BCUT2D eigenvalue weighted by Gasteiger charge is -2.65. The van der Waals surface area contributed by atoms with Gasteiger partial charge in [-0.1, -0.05) is 31.5 Å². The number of hydrogen-bond donors (Lipinski definition) is 2. The fraction of sp³-hybridized carbons (Fsp3) is 0.567. The molecule has 2 unspecified atom stereocenters. The van der Waals surface area contributed by atoms with E-state index in [1.54, 1.807) is 0 Å². The molecule has 0 aromatic heterocycles. The van der Waals surface area contributed by atoms with Crippen LogP contribution in [0, 0.1) is 23.7 Å². The monoisotopic (exact) mass is 554 g/mol. The molecule has 0 saturated heterocycles. The molecule has 2 aromatic rings. The van der Waals surface area contributed by atoms with E-state index >= 15 is 0 Å². The molecule has 2 aromatic carbocycles. The number of amides is 1. The van der Waals surface area contributed by atoms with Crippen molar-refractivity contribution >= 4 is 27.5 Å². The molecule has 2 atom stereocenters. The third kappa shape index (κ3) is 5.45. The van der Waals surface area contributed by atoms with E-state index in [4.69, 9.17) is 9.47 Å². The number of anilines is 1. The molecule has 5 nitrogen and oxygen atoms in total. The Balaban J connectivity index is 1.25. The van der Waals surface area contributed by atoms with E-state index in [0.29, 0.717) is 28.9 Å². The Hall–Kier alpha value is -2.05. The van der Waals surface area contributed by atoms with Crippen LogP contribution in [0.4, 0.5) is 5.69 Å². The van der Waals surface area contributed by atoms with Crippen LogP contribution in [-0.4, -0.2) is 24.7 Å². The van der Waals surface area contributed by atoms with Gasteiger partial charge in [0.05, 0.1) is 11.1 Å². The predicted molar refractivity (Wildman–Crippen MR) is 148 cm³/mol. The standard InChI is InChI=1S/C30H39BrN2O3/c1-5-35-25-11-21(15-32-30-14-22-12-28(3,18-30)17-29(4,13-22)19-30)10-24(31)27(25)36-16-26(34)33-23-8-6-20(2)7-9-23/h6-11,22,32H,5,12-19H2,1-4H3,(H,33,34). The van der Waals surface area contributed by atoms with Gasteiger partial charge in [0.2, 0.25) is 0 Å². The van der Waals surface area contributed by atoms with Gasteiger partial charge in [0.15, 0.2) is 18.1 Å². The van der Waals surface area contributed by atoms with E-state index in [2.05, 4.69) is 52.5 Å². The van der Waals surface area contributed by atoms with E-state index in [1.165, 1.54) is 38.5 Å². The van der Waals surface area contributed by atoms with Crippen LogP contribution in [0.25, 0.3) is 0 Å². The summed E-state index contributed by atoms with van der Waals surface area (Å²) in [5.74, 6) is 1.88. The van der Waals surface area contributed by atoms with Crippen molar-refractivity contribution in [3.8, 4) is 11.5 Å². The molecule has 2 N–H and O–H groups in total. The summed E-state index contributed by atoms with van der Waals surface area (Å²) < 4.78 is 12.7. The summed E-state index contributed by atoms with van der Waals surface area (Å²) in [6, 6.07) is 11.9. The highest BCUT2D eigenvalue weighted by Gasteiger charge is 2.59. The average Bonchev–Trinajstić information content (AvgIpc) is 2.76. The SMILES string of the molecule is CCOc1cc(CNC23CC4CC(C)(CC(C)(C4)C2)C3)cc(Br)c1OCC(=O)Nc1ccc(C)cc1. The molecule has 0 radical (unpaired) electrons. The van der Waals surface area contributed by atoms with Gasteiger partial charge in [0, 0.05) is 17.8 Å². The van der Waals surface area contributed by atoms with Crippen LogP contribution in [-0.2, 0) is 11.3 Å². The molecule has 1 amide bonds. The van der Waals surface area contributed by atoms with Crippen LogP contribution < -0.4 is 20.1 Å². The first-order valence-electron chi connectivity index (χ1n) is 13.3. The highest BCUT2D eigenvalue weighted by molar-refractivity contribution is 9.10. The zero-order valence-corrected chi connectivity index (χ0v) is 23.6. The van der Waals surface area contributed by atoms with Crippen molar-refractivity contribution < 1.29 is 14.3 Å². The molecular weight excluding hydrogens is 516 g/mol. The summed E-state index contributed by atoms with van der Waals surface area (Å²) >= 11 is 3.68. The quantitative estimate of drug-likeness (QED) is 0.350. The Labute approximate surface area is 223 Å². The van der Waals surface area contributed by atoms with Crippen molar-refractivity contribution in [3.63, 3.8) is 0 Å². The van der Waals surface area contributed by atoms with Crippen molar-refractivity contribution in [2.75, 3.05) is 18.5 Å². The summed E-state index contributed by atoms with van der Waals surface area (Å²) in [6.45, 7) is 10.2. The van der Waals surface area contributed by atoms with Crippen LogP contribution in [0.1, 0.15) is 70.4 Å². The first-order valence-corrected chi connectivity index (χ1v) is 14.1. The maximum absolute atomic E-state index is 12.5. The Bertz CT molecular complexity index is 1110. The molecule has 4 bridgehead atoms. The van der Waals surface area contributed by atoms with Crippen LogP contribution in [0.5, 0.6) is 11.5 Å². The van der Waals surface area contributed by atoms with Crippen LogP contribution >= 0.6 is 15.9 Å². The Morgan fingerprint density at radius 1 is 1.03 bits per heavy atom. The lowest BCUT2D eigenvalue weighted by molar-refractivity contribution is -0.118. The highest BCUT2D eigenvalue weighted by Crippen LogP contribution is 2.66. The maximum Gasteiger partial charge on any atom is 0.262 e. The molecule has 6 heteroatoms. The molecule has 4 aliphatic carbocycles. The van der Waals surface area contributed by atoms with Gasteiger partial charge in [0.25, 0.3) is 5.91 Å². The van der Waals surface area contributed by atoms with E-state index in [0.717, 1.165) is 33.7 Å². The number of hydrogen-bond acceptors (Lipinski definition) is 4. The summed E-state index contributed by atoms with van der Waals surface area (Å²) in [5.41, 5.74) is 4.27. The number of rotatable bonds is 9.